The van der Waals surface area contributed by atoms with Crippen molar-refractivity contribution in [2.45, 2.75) is 11.8 Å². The maximum absolute atomic E-state index is 13.2. The van der Waals surface area contributed by atoms with Gasteiger partial charge in [0.05, 0.1) is 29.3 Å². The molecule has 0 atom stereocenters. The van der Waals surface area contributed by atoms with Gasteiger partial charge in [-0.1, -0.05) is 30.3 Å². The zero-order valence-electron chi connectivity index (χ0n) is 14.6. The highest BCUT2D eigenvalue weighted by atomic mass is 32.2. The van der Waals surface area contributed by atoms with Gasteiger partial charge in [0.1, 0.15) is 0 Å². The minimum Gasteiger partial charge on any atom is -0.462 e. The number of esters is 1. The Bertz CT molecular complexity index is 971. The van der Waals surface area contributed by atoms with Crippen molar-refractivity contribution in [1.29, 1.82) is 0 Å². The second-order valence-corrected chi connectivity index (χ2v) is 7.12. The third-order valence-electron chi connectivity index (χ3n) is 3.59. The predicted octanol–water partition coefficient (Wildman–Crippen LogP) is 3.15. The van der Waals surface area contributed by atoms with Gasteiger partial charge < -0.3 is 4.74 Å². The van der Waals surface area contributed by atoms with Crippen LogP contribution in [0.15, 0.2) is 66.1 Å². The summed E-state index contributed by atoms with van der Waals surface area (Å²) in [6, 6.07) is 11.0. The first-order valence-corrected chi connectivity index (χ1v) is 9.41. The van der Waals surface area contributed by atoms with Crippen LogP contribution in [0.1, 0.15) is 17.3 Å². The van der Waals surface area contributed by atoms with Gasteiger partial charge in [0.15, 0.2) is 4.90 Å². The van der Waals surface area contributed by atoms with E-state index in [-0.39, 0.29) is 24.4 Å². The molecular weight excluding hydrogens is 372 g/mol. The van der Waals surface area contributed by atoms with Crippen LogP contribution in [-0.4, -0.2) is 32.5 Å². The van der Waals surface area contributed by atoms with E-state index in [4.69, 9.17) is 4.74 Å². The number of benzene rings is 2. The van der Waals surface area contributed by atoms with Gasteiger partial charge in [-0.3, -0.25) is 14.4 Å². The lowest BCUT2D eigenvalue weighted by Crippen LogP contribution is -2.33. The fourth-order valence-electron chi connectivity index (χ4n) is 2.46. The number of hydrogen-bond donors (Lipinski definition) is 0. The summed E-state index contributed by atoms with van der Waals surface area (Å²) in [7, 11) is -4.35. The van der Waals surface area contributed by atoms with Crippen molar-refractivity contribution in [2.75, 3.05) is 17.5 Å². The average molecular weight is 390 g/mol. The number of carbonyl (C=O) groups excluding carboxylic acids is 1. The van der Waals surface area contributed by atoms with E-state index in [2.05, 4.69) is 6.58 Å². The molecule has 8 nitrogen and oxygen atoms in total. The number of rotatable bonds is 8. The summed E-state index contributed by atoms with van der Waals surface area (Å²) in [4.78, 5) is 22.3. The van der Waals surface area contributed by atoms with E-state index in [1.807, 2.05) is 0 Å². The summed E-state index contributed by atoms with van der Waals surface area (Å²) in [5.74, 6) is -0.695. The molecule has 2 rings (SSSR count). The van der Waals surface area contributed by atoms with Crippen molar-refractivity contribution >= 4 is 27.4 Å². The number of sulfonamides is 1. The summed E-state index contributed by atoms with van der Waals surface area (Å²) < 4.78 is 32.3. The molecule has 2 aromatic rings. The standard InChI is InChI=1S/C18H18N2O6S/c1-3-13-19(15-10-6-5-9-14(15)18(21)26-4-2)27(24,25)17-12-8-7-11-16(17)20(22)23/h3,5-12H,1,4,13H2,2H3. The second kappa shape index (κ2) is 8.45. The Morgan fingerprint density at radius 3 is 2.48 bits per heavy atom. The zero-order chi connectivity index (χ0) is 20.0. The first-order valence-electron chi connectivity index (χ1n) is 7.97. The fraction of sp³-hybridized carbons (Fsp3) is 0.167. The highest BCUT2D eigenvalue weighted by Crippen LogP contribution is 2.31. The lowest BCUT2D eigenvalue weighted by molar-refractivity contribution is -0.387. The predicted molar refractivity (Wildman–Crippen MR) is 100 cm³/mol. The van der Waals surface area contributed by atoms with Crippen molar-refractivity contribution in [2.24, 2.45) is 0 Å². The normalized spacial score (nSPS) is 10.9. The molecule has 2 aromatic carbocycles. The Morgan fingerprint density at radius 2 is 1.85 bits per heavy atom. The van der Waals surface area contributed by atoms with Gasteiger partial charge in [0, 0.05) is 6.07 Å². The molecule has 0 radical (unpaired) electrons. The molecule has 9 heteroatoms. The van der Waals surface area contributed by atoms with Gasteiger partial charge in [-0.25, -0.2) is 13.2 Å². The largest absolute Gasteiger partial charge is 0.462 e. The summed E-state index contributed by atoms with van der Waals surface area (Å²) in [5.41, 5.74) is -0.475. The van der Waals surface area contributed by atoms with Gasteiger partial charge in [-0.05, 0) is 25.1 Å². The quantitative estimate of drug-likeness (QED) is 0.297. The highest BCUT2D eigenvalue weighted by Gasteiger charge is 2.33. The van der Waals surface area contributed by atoms with Crippen LogP contribution in [0.2, 0.25) is 0 Å². The Hall–Kier alpha value is -3.20. The number of hydrogen-bond acceptors (Lipinski definition) is 6. The van der Waals surface area contributed by atoms with Gasteiger partial charge >= 0.3 is 5.97 Å². The summed E-state index contributed by atoms with van der Waals surface area (Å²) in [6.07, 6.45) is 1.33. The lowest BCUT2D eigenvalue weighted by atomic mass is 10.2. The Labute approximate surface area is 156 Å². The fourth-order valence-corrected chi connectivity index (χ4v) is 4.08. The first kappa shape index (κ1) is 20.1. The van der Waals surface area contributed by atoms with Crippen LogP contribution >= 0.6 is 0 Å². The molecule has 142 valence electrons. The van der Waals surface area contributed by atoms with E-state index in [1.54, 1.807) is 19.1 Å². The molecule has 0 heterocycles. The van der Waals surface area contributed by atoms with Gasteiger partial charge in [-0.2, -0.15) is 0 Å². The maximum Gasteiger partial charge on any atom is 0.340 e. The van der Waals surface area contributed by atoms with E-state index in [0.29, 0.717) is 0 Å². The zero-order valence-corrected chi connectivity index (χ0v) is 15.4. The van der Waals surface area contributed by atoms with E-state index < -0.39 is 31.5 Å². The van der Waals surface area contributed by atoms with Crippen LogP contribution in [0.3, 0.4) is 0 Å². The van der Waals surface area contributed by atoms with Crippen LogP contribution in [-0.2, 0) is 14.8 Å². The number of para-hydroxylation sites is 2. The molecule has 0 aromatic heterocycles. The summed E-state index contributed by atoms with van der Waals surface area (Å²) >= 11 is 0. The smallest absolute Gasteiger partial charge is 0.340 e. The third-order valence-corrected chi connectivity index (χ3v) is 5.42. The Balaban J connectivity index is 2.68. The first-order chi connectivity index (χ1) is 12.8. The van der Waals surface area contributed by atoms with Crippen LogP contribution in [0.25, 0.3) is 0 Å². The molecule has 0 saturated carbocycles. The van der Waals surface area contributed by atoms with E-state index >= 15 is 0 Å². The van der Waals surface area contributed by atoms with Crippen molar-refractivity contribution < 1.29 is 22.9 Å². The van der Waals surface area contributed by atoms with Crippen molar-refractivity contribution in [3.8, 4) is 0 Å². The molecule has 0 amide bonds. The minimum atomic E-state index is -4.35. The van der Waals surface area contributed by atoms with Crippen molar-refractivity contribution in [3.63, 3.8) is 0 Å². The number of nitrogens with zero attached hydrogens (tertiary/aromatic N) is 2. The number of carbonyl (C=O) groups is 1. The molecule has 0 saturated heterocycles. The molecule has 0 N–H and O–H groups in total. The number of ether oxygens (including phenoxy) is 1. The molecule has 0 aliphatic carbocycles. The molecule has 0 aliphatic heterocycles. The van der Waals surface area contributed by atoms with Crippen molar-refractivity contribution in [1.82, 2.24) is 0 Å². The molecular formula is C18H18N2O6S. The maximum atomic E-state index is 13.2. The number of nitro groups is 1. The van der Waals surface area contributed by atoms with Gasteiger partial charge in [0.25, 0.3) is 15.7 Å². The number of nitro benzene ring substituents is 1. The van der Waals surface area contributed by atoms with Crippen LogP contribution in [0.5, 0.6) is 0 Å². The average Bonchev–Trinajstić information content (AvgIpc) is 2.66. The highest BCUT2D eigenvalue weighted by molar-refractivity contribution is 7.93. The van der Waals surface area contributed by atoms with Gasteiger partial charge in [0.2, 0.25) is 0 Å². The molecule has 0 spiro atoms. The SMILES string of the molecule is C=CCN(c1ccccc1C(=O)OCC)S(=O)(=O)c1ccccc1[N+](=O)[O-]. The van der Waals surface area contributed by atoms with E-state index in [0.717, 1.165) is 16.4 Å². The minimum absolute atomic E-state index is 0.0309. The molecule has 0 bridgehead atoms. The molecule has 0 fully saturated rings. The molecule has 0 unspecified atom stereocenters. The Kier molecular flexibility index (Phi) is 6.30. The van der Waals surface area contributed by atoms with E-state index in [1.165, 1.54) is 30.3 Å². The van der Waals surface area contributed by atoms with Crippen LogP contribution in [0, 0.1) is 10.1 Å². The van der Waals surface area contributed by atoms with E-state index in [9.17, 15) is 23.3 Å². The molecule has 27 heavy (non-hydrogen) atoms. The van der Waals surface area contributed by atoms with Gasteiger partial charge in [-0.15, -0.1) is 6.58 Å². The second-order valence-electron chi connectivity index (χ2n) is 5.29. The molecule has 0 aliphatic rings. The monoisotopic (exact) mass is 390 g/mol. The Morgan fingerprint density at radius 1 is 1.22 bits per heavy atom. The number of anilines is 1. The third kappa shape index (κ3) is 4.14. The summed E-state index contributed by atoms with van der Waals surface area (Å²) in [5, 5.41) is 11.3. The van der Waals surface area contributed by atoms with Crippen molar-refractivity contribution in [3.05, 3.63) is 76.9 Å². The topological polar surface area (TPSA) is 107 Å². The van der Waals surface area contributed by atoms with Crippen LogP contribution < -0.4 is 4.31 Å². The summed E-state index contributed by atoms with van der Waals surface area (Å²) in [6.45, 7) is 5.10. The van der Waals surface area contributed by atoms with Crippen LogP contribution in [0.4, 0.5) is 11.4 Å². The lowest BCUT2D eigenvalue weighted by Gasteiger charge is -2.24.